The molecule has 0 unspecified atom stereocenters. The second-order valence-corrected chi connectivity index (χ2v) is 14.2. The van der Waals surface area contributed by atoms with Crippen molar-refractivity contribution in [2.24, 2.45) is 0 Å². The van der Waals surface area contributed by atoms with Crippen LogP contribution < -0.4 is 9.80 Å². The number of carbonyl (C=O) groups is 2. The van der Waals surface area contributed by atoms with E-state index < -0.39 is 28.5 Å². The largest absolute Gasteiger partial charge is 0.468 e. The Morgan fingerprint density at radius 1 is 1.02 bits per heavy atom. The summed E-state index contributed by atoms with van der Waals surface area (Å²) in [7, 11) is 2.12. The predicted octanol–water partition coefficient (Wildman–Crippen LogP) is 6.59. The third-order valence-corrected chi connectivity index (χ3v) is 9.69. The Labute approximate surface area is 318 Å². The molecule has 0 N–H and O–H groups in total. The summed E-state index contributed by atoms with van der Waals surface area (Å²) in [6.07, 6.45) is 4.99. The van der Waals surface area contributed by atoms with Crippen LogP contribution in [0, 0.1) is 22.9 Å². The van der Waals surface area contributed by atoms with Crippen LogP contribution in [0.3, 0.4) is 0 Å². The number of rotatable bonds is 7. The molecule has 0 bridgehead atoms. The zero-order valence-corrected chi connectivity index (χ0v) is 31.8. The Bertz CT molecular complexity index is 2220. The first-order valence-corrected chi connectivity index (χ1v) is 17.7. The van der Waals surface area contributed by atoms with Crippen molar-refractivity contribution in [1.29, 1.82) is 0 Å². The second-order valence-electron chi connectivity index (χ2n) is 13.2. The van der Waals surface area contributed by atoms with Crippen LogP contribution in [0.5, 0.6) is 0 Å². The molecular weight excluding hydrogens is 765 g/mol. The van der Waals surface area contributed by atoms with Crippen LogP contribution in [-0.4, -0.2) is 83.9 Å². The van der Waals surface area contributed by atoms with Gasteiger partial charge >= 0.3 is 11.9 Å². The fourth-order valence-electron chi connectivity index (χ4n) is 6.70. The lowest BCUT2D eigenvalue weighted by Crippen LogP contribution is -2.36. The number of nitrogens with zero attached hydrogens (tertiary/aromatic N) is 7. The average molecular weight is 803 g/mol. The Hall–Kier alpha value is -5.61. The summed E-state index contributed by atoms with van der Waals surface area (Å²) < 4.78 is 29.1. The molecule has 0 amide bonds. The fourth-order valence-corrected chi connectivity index (χ4v) is 7.02. The normalized spacial score (nSPS) is 14.7. The number of hydrogen-bond donors (Lipinski definition) is 0. The highest BCUT2D eigenvalue weighted by Gasteiger charge is 2.40. The Morgan fingerprint density at radius 3 is 2.39 bits per heavy atom. The van der Waals surface area contributed by atoms with Crippen LogP contribution in [0.15, 0.2) is 71.6 Å². The summed E-state index contributed by atoms with van der Waals surface area (Å²) >= 11 is 3.02. The number of methoxy groups -OCH3 is 2. The number of esters is 2. The van der Waals surface area contributed by atoms with Crippen molar-refractivity contribution in [3.05, 3.63) is 104 Å². The molecule has 6 heterocycles. The number of anilines is 3. The molecule has 2 aliphatic heterocycles. The fraction of sp³-hybridized carbons (Fsp3) is 0.316. The number of nitro groups is 1. The molecule has 0 radical (unpaired) electrons. The van der Waals surface area contributed by atoms with Crippen LogP contribution >= 0.6 is 15.9 Å². The molecule has 14 nitrogen and oxygen atoms in total. The molecule has 4 aromatic heterocycles. The molecule has 0 spiro atoms. The molecule has 7 rings (SSSR count). The van der Waals surface area contributed by atoms with Gasteiger partial charge in [0.15, 0.2) is 0 Å². The zero-order valence-electron chi connectivity index (χ0n) is 30.2. The molecule has 0 aliphatic carbocycles. The number of pyridine rings is 4. The van der Waals surface area contributed by atoms with Gasteiger partial charge in [0.2, 0.25) is 5.92 Å². The van der Waals surface area contributed by atoms with Gasteiger partial charge in [0.25, 0.3) is 5.69 Å². The first-order chi connectivity index (χ1) is 25.8. The molecule has 1 aromatic carbocycles. The number of aromatic nitrogens is 4. The maximum atomic E-state index is 14.3. The molecule has 1 saturated heterocycles. The van der Waals surface area contributed by atoms with E-state index in [1.165, 1.54) is 18.3 Å². The summed E-state index contributed by atoms with van der Waals surface area (Å²) in [6.45, 7) is 10.4. The summed E-state index contributed by atoms with van der Waals surface area (Å²) in [6, 6.07) is 14.0. The third-order valence-electron chi connectivity index (χ3n) is 9.26. The van der Waals surface area contributed by atoms with Crippen molar-refractivity contribution in [2.75, 3.05) is 56.9 Å². The van der Waals surface area contributed by atoms with Gasteiger partial charge in [-0.15, -0.1) is 0 Å². The van der Waals surface area contributed by atoms with Crippen LogP contribution in [-0.2, 0) is 29.2 Å². The lowest BCUT2D eigenvalue weighted by molar-refractivity contribution is -0.386. The minimum atomic E-state index is -1.59. The van der Waals surface area contributed by atoms with Gasteiger partial charge in [-0.2, -0.15) is 0 Å². The van der Waals surface area contributed by atoms with Crippen LogP contribution in [0.4, 0.5) is 27.1 Å². The number of ether oxygens (including phenoxy) is 3. The number of fused-ring (bicyclic) bond motifs is 2. The van der Waals surface area contributed by atoms with Gasteiger partial charge in [0.05, 0.1) is 78.2 Å². The maximum Gasteiger partial charge on any atom is 0.326 e. The number of morpholine rings is 1. The number of benzene rings is 1. The van der Waals surface area contributed by atoms with Gasteiger partial charge in [0.1, 0.15) is 11.5 Å². The van der Waals surface area contributed by atoms with E-state index in [1.54, 1.807) is 6.20 Å². The van der Waals surface area contributed by atoms with E-state index in [0.717, 1.165) is 98.2 Å². The van der Waals surface area contributed by atoms with E-state index >= 15 is 0 Å². The van der Waals surface area contributed by atoms with E-state index in [4.69, 9.17) is 14.7 Å². The molecule has 54 heavy (non-hydrogen) atoms. The van der Waals surface area contributed by atoms with Crippen molar-refractivity contribution >= 4 is 61.5 Å². The number of carbonyl (C=O) groups excluding carboxylic acids is 2. The molecule has 0 atom stereocenters. The van der Waals surface area contributed by atoms with Crippen LogP contribution in [0.25, 0.3) is 22.3 Å². The topological polar surface area (TPSA) is 163 Å². The first kappa shape index (κ1) is 38.1. The molecule has 280 valence electrons. The summed E-state index contributed by atoms with van der Waals surface area (Å²) in [5.74, 6) is -3.86. The van der Waals surface area contributed by atoms with Gasteiger partial charge in [-0.05, 0) is 53.2 Å². The molecular formula is C38H37BrFN7O7. The van der Waals surface area contributed by atoms with Gasteiger partial charge < -0.3 is 24.0 Å². The third kappa shape index (κ3) is 7.57. The van der Waals surface area contributed by atoms with Crippen molar-refractivity contribution in [1.82, 2.24) is 19.9 Å². The first-order valence-electron chi connectivity index (χ1n) is 16.9. The van der Waals surface area contributed by atoms with Gasteiger partial charge in [0, 0.05) is 65.0 Å². The van der Waals surface area contributed by atoms with Gasteiger partial charge in [-0.3, -0.25) is 34.7 Å². The summed E-state index contributed by atoms with van der Waals surface area (Å²) in [4.78, 5) is 56.1. The van der Waals surface area contributed by atoms with E-state index in [2.05, 4.69) is 72.0 Å². The molecule has 1 fully saturated rings. The lowest BCUT2D eigenvalue weighted by Gasteiger charge is -2.30. The van der Waals surface area contributed by atoms with E-state index in [-0.39, 0.29) is 16.9 Å². The minimum absolute atomic E-state index is 0.147. The quantitative estimate of drug-likeness (QED) is 0.0751. The highest BCUT2D eigenvalue weighted by atomic mass is 79.9. The Morgan fingerprint density at radius 2 is 1.74 bits per heavy atom. The van der Waals surface area contributed by atoms with Crippen molar-refractivity contribution in [3.63, 3.8) is 0 Å². The minimum Gasteiger partial charge on any atom is -0.468 e. The summed E-state index contributed by atoms with van der Waals surface area (Å²) in [5, 5.41) is 11.9. The molecule has 5 aromatic rings. The van der Waals surface area contributed by atoms with E-state index in [0.29, 0.717) is 9.99 Å². The van der Waals surface area contributed by atoms with Gasteiger partial charge in [-0.1, -0.05) is 19.9 Å². The second kappa shape index (κ2) is 15.8. The molecule has 0 saturated carbocycles. The zero-order chi connectivity index (χ0) is 38.7. The van der Waals surface area contributed by atoms with Gasteiger partial charge in [-0.25, -0.2) is 9.37 Å². The Kier molecular flexibility index (Phi) is 11.1. The van der Waals surface area contributed by atoms with Crippen molar-refractivity contribution in [3.8, 4) is 11.4 Å². The predicted molar refractivity (Wildman–Crippen MR) is 202 cm³/mol. The molecule has 16 heteroatoms. The average Bonchev–Trinajstić information content (AvgIpc) is 3.44. The summed E-state index contributed by atoms with van der Waals surface area (Å²) in [5.41, 5.74) is 6.52. The van der Waals surface area contributed by atoms with Crippen molar-refractivity contribution in [2.45, 2.75) is 32.1 Å². The Balaban J connectivity index is 0.000000223. The standard InChI is InChI=1S/C28H28FN5O.C10H9BrN2O6/c1-18-25(22-6-4-5-9-30-22)32-23-14-19(29)7-8-21(23)26(18)34-17-28(2,3)27-24(34)15-20(16-31-27)33-10-12-35-13-11-33;1-18-9(14)7(10(15)19-2)8-6(13(16)17)3-5(11)4-12-8/h4-9,14-16H,10-13,17H2,1-3H3;3-4,7H,1-2H3. The molecule has 2 aliphatic rings. The van der Waals surface area contributed by atoms with Crippen molar-refractivity contribution < 1.29 is 33.1 Å². The highest BCUT2D eigenvalue weighted by Crippen LogP contribution is 2.48. The van der Waals surface area contributed by atoms with Crippen LogP contribution in [0.1, 0.15) is 36.7 Å². The SMILES string of the molecule is COC(=O)C(C(=O)OC)c1ncc(Br)cc1[N+](=O)[O-].Cc1c(-c2ccccn2)nc2cc(F)ccc2c1N1CC(C)(C)c2ncc(N3CCOCC3)cc21. The smallest absolute Gasteiger partial charge is 0.326 e. The lowest BCUT2D eigenvalue weighted by atomic mass is 9.91. The maximum absolute atomic E-state index is 14.3. The number of hydrogen-bond acceptors (Lipinski definition) is 13. The van der Waals surface area contributed by atoms with E-state index in [9.17, 15) is 24.1 Å². The number of halogens is 2. The monoisotopic (exact) mass is 801 g/mol. The van der Waals surface area contributed by atoms with E-state index in [1.807, 2.05) is 30.5 Å². The highest BCUT2D eigenvalue weighted by molar-refractivity contribution is 9.10. The van der Waals surface area contributed by atoms with Crippen LogP contribution in [0.2, 0.25) is 0 Å².